The van der Waals surface area contributed by atoms with Crippen LogP contribution in [0, 0.1) is 0 Å². The Labute approximate surface area is 100 Å². The summed E-state index contributed by atoms with van der Waals surface area (Å²) in [5.74, 6) is 0. The van der Waals surface area contributed by atoms with Gasteiger partial charge in [-0.3, -0.25) is 0 Å². The minimum absolute atomic E-state index is 0.113. The lowest BCUT2D eigenvalue weighted by Gasteiger charge is -2.26. The lowest BCUT2D eigenvalue weighted by molar-refractivity contribution is 0.169. The lowest BCUT2D eigenvalue weighted by atomic mass is 10.3. The van der Waals surface area contributed by atoms with Crippen LogP contribution >= 0.6 is 0 Å². The molecule has 0 N–H and O–H groups in total. The molecule has 0 heterocycles. The average molecular weight is 229 g/mol. The van der Waals surface area contributed by atoms with Crippen molar-refractivity contribution in [2.24, 2.45) is 0 Å². The summed E-state index contributed by atoms with van der Waals surface area (Å²) in [6, 6.07) is 0.113. The van der Waals surface area contributed by atoms with Crippen LogP contribution in [0.1, 0.15) is 27.2 Å². The molecule has 4 heteroatoms. The van der Waals surface area contributed by atoms with Gasteiger partial charge in [0.15, 0.2) is 0 Å². The van der Waals surface area contributed by atoms with Crippen LogP contribution in [-0.4, -0.2) is 67.5 Å². The summed E-state index contributed by atoms with van der Waals surface area (Å²) in [6.45, 7) is 11.3. The normalized spacial score (nSPS) is 10.6. The second kappa shape index (κ2) is 8.39. The Balaban J connectivity index is 3.92. The van der Waals surface area contributed by atoms with E-state index in [1.165, 1.54) is 0 Å². The van der Waals surface area contributed by atoms with E-state index in [0.29, 0.717) is 0 Å². The zero-order valence-electron chi connectivity index (χ0n) is 11.5. The smallest absolute Gasteiger partial charge is 0.319 e. The van der Waals surface area contributed by atoms with Gasteiger partial charge in [0.25, 0.3) is 0 Å². The summed E-state index contributed by atoms with van der Waals surface area (Å²) < 4.78 is 0. The molecular weight excluding hydrogens is 202 g/mol. The van der Waals surface area contributed by atoms with Crippen molar-refractivity contribution in [3.63, 3.8) is 0 Å². The van der Waals surface area contributed by atoms with Crippen LogP contribution in [0.4, 0.5) is 4.79 Å². The van der Waals surface area contributed by atoms with Crippen molar-refractivity contribution in [2.75, 3.05) is 46.8 Å². The number of urea groups is 1. The van der Waals surface area contributed by atoms with Gasteiger partial charge in [0.05, 0.1) is 0 Å². The number of carbonyl (C=O) groups is 1. The third-order valence-corrected chi connectivity index (χ3v) is 2.83. The average Bonchev–Trinajstić information content (AvgIpc) is 2.28. The summed E-state index contributed by atoms with van der Waals surface area (Å²) in [6.07, 6.45) is 1.05. The Morgan fingerprint density at radius 3 is 1.88 bits per heavy atom. The molecule has 0 bridgehead atoms. The molecule has 0 fully saturated rings. The van der Waals surface area contributed by atoms with E-state index in [4.69, 9.17) is 0 Å². The van der Waals surface area contributed by atoms with Crippen molar-refractivity contribution in [2.45, 2.75) is 27.2 Å². The van der Waals surface area contributed by atoms with Crippen molar-refractivity contribution in [3.8, 4) is 0 Å². The van der Waals surface area contributed by atoms with E-state index in [0.717, 1.165) is 39.1 Å². The molecule has 0 radical (unpaired) electrons. The molecule has 2 amide bonds. The van der Waals surface area contributed by atoms with Gasteiger partial charge in [-0.05, 0) is 33.0 Å². The van der Waals surface area contributed by atoms with E-state index in [1.807, 2.05) is 11.8 Å². The van der Waals surface area contributed by atoms with Gasteiger partial charge in [-0.15, -0.1) is 0 Å². The number of amides is 2. The van der Waals surface area contributed by atoms with Crippen LogP contribution in [0.15, 0.2) is 0 Å². The van der Waals surface area contributed by atoms with E-state index < -0.39 is 0 Å². The van der Waals surface area contributed by atoms with Crippen molar-refractivity contribution in [3.05, 3.63) is 0 Å². The summed E-state index contributed by atoms with van der Waals surface area (Å²) >= 11 is 0. The van der Waals surface area contributed by atoms with Crippen LogP contribution in [-0.2, 0) is 0 Å². The molecule has 4 nitrogen and oxygen atoms in total. The molecule has 0 rings (SSSR count). The highest BCUT2D eigenvalue weighted by Crippen LogP contribution is 1.98. The third-order valence-electron chi connectivity index (χ3n) is 2.83. The summed E-state index contributed by atoms with van der Waals surface area (Å²) in [5.41, 5.74) is 0. The first-order valence-electron chi connectivity index (χ1n) is 6.25. The zero-order valence-corrected chi connectivity index (χ0v) is 11.5. The monoisotopic (exact) mass is 229 g/mol. The molecule has 16 heavy (non-hydrogen) atoms. The number of nitrogens with zero attached hydrogens (tertiary/aromatic N) is 3. The fourth-order valence-corrected chi connectivity index (χ4v) is 1.70. The van der Waals surface area contributed by atoms with Gasteiger partial charge in [-0.25, -0.2) is 4.79 Å². The number of carbonyl (C=O) groups excluding carboxylic acids is 1. The minimum Gasteiger partial charge on any atom is -0.331 e. The summed E-state index contributed by atoms with van der Waals surface area (Å²) in [4.78, 5) is 17.6. The molecule has 0 aromatic heterocycles. The number of rotatable bonds is 7. The molecule has 0 unspecified atom stereocenters. The first kappa shape index (κ1) is 15.2. The largest absolute Gasteiger partial charge is 0.331 e. The fraction of sp³-hybridized carbons (Fsp3) is 0.917. The van der Waals surface area contributed by atoms with Crippen LogP contribution in [0.2, 0.25) is 0 Å². The van der Waals surface area contributed by atoms with Gasteiger partial charge in [0, 0.05) is 27.2 Å². The summed E-state index contributed by atoms with van der Waals surface area (Å²) in [7, 11) is 3.60. The van der Waals surface area contributed by atoms with Crippen LogP contribution in [0.3, 0.4) is 0 Å². The maximum absolute atomic E-state index is 11.7. The van der Waals surface area contributed by atoms with E-state index in [1.54, 1.807) is 19.0 Å². The second-order valence-corrected chi connectivity index (χ2v) is 4.14. The molecule has 0 aromatic rings. The first-order chi connectivity index (χ1) is 7.56. The molecule has 0 aromatic carbocycles. The van der Waals surface area contributed by atoms with Gasteiger partial charge >= 0.3 is 6.03 Å². The molecule has 0 aliphatic rings. The Hall–Kier alpha value is -0.770. The lowest BCUT2D eigenvalue weighted by Crippen LogP contribution is -2.40. The maximum Gasteiger partial charge on any atom is 0.319 e. The maximum atomic E-state index is 11.7. The molecule has 0 atom stereocenters. The first-order valence-corrected chi connectivity index (χ1v) is 6.25. The van der Waals surface area contributed by atoms with Crippen molar-refractivity contribution in [1.82, 2.24) is 14.7 Å². The van der Waals surface area contributed by atoms with Gasteiger partial charge in [-0.2, -0.15) is 0 Å². The molecule has 0 aliphatic carbocycles. The highest BCUT2D eigenvalue weighted by atomic mass is 16.2. The SMILES string of the molecule is CCN(CC)CCCN(CC)C(=O)N(C)C. The van der Waals surface area contributed by atoms with Gasteiger partial charge in [-0.1, -0.05) is 13.8 Å². The fourth-order valence-electron chi connectivity index (χ4n) is 1.70. The standard InChI is InChI=1S/C12H27N3O/c1-6-14(7-2)10-9-11-15(8-3)12(16)13(4)5/h6-11H2,1-5H3. The van der Waals surface area contributed by atoms with Crippen molar-refractivity contribution in [1.29, 1.82) is 0 Å². The Kier molecular flexibility index (Phi) is 7.99. The Morgan fingerprint density at radius 2 is 1.50 bits per heavy atom. The molecule has 96 valence electrons. The van der Waals surface area contributed by atoms with E-state index in [2.05, 4.69) is 18.7 Å². The number of hydrogen-bond acceptors (Lipinski definition) is 2. The predicted octanol–water partition coefficient (Wildman–Crippen LogP) is 1.72. The van der Waals surface area contributed by atoms with E-state index in [-0.39, 0.29) is 6.03 Å². The quantitative estimate of drug-likeness (QED) is 0.664. The minimum atomic E-state index is 0.113. The second-order valence-electron chi connectivity index (χ2n) is 4.14. The molecule has 0 saturated heterocycles. The van der Waals surface area contributed by atoms with Gasteiger partial charge < -0.3 is 14.7 Å². The van der Waals surface area contributed by atoms with Gasteiger partial charge in [0.1, 0.15) is 0 Å². The van der Waals surface area contributed by atoms with Crippen molar-refractivity contribution >= 4 is 6.03 Å². The van der Waals surface area contributed by atoms with E-state index >= 15 is 0 Å². The molecular formula is C12H27N3O. The van der Waals surface area contributed by atoms with Crippen LogP contribution in [0.5, 0.6) is 0 Å². The highest BCUT2D eigenvalue weighted by Gasteiger charge is 2.12. The third kappa shape index (κ3) is 5.35. The van der Waals surface area contributed by atoms with Gasteiger partial charge in [0.2, 0.25) is 0 Å². The Bertz CT molecular complexity index is 191. The number of hydrogen-bond donors (Lipinski definition) is 0. The molecule has 0 spiro atoms. The topological polar surface area (TPSA) is 26.8 Å². The molecule has 0 saturated carbocycles. The van der Waals surface area contributed by atoms with E-state index in [9.17, 15) is 4.79 Å². The molecule has 0 aliphatic heterocycles. The summed E-state index contributed by atoms with van der Waals surface area (Å²) in [5, 5.41) is 0. The zero-order chi connectivity index (χ0) is 12.6. The van der Waals surface area contributed by atoms with Crippen LogP contribution in [0.25, 0.3) is 0 Å². The van der Waals surface area contributed by atoms with Crippen LogP contribution < -0.4 is 0 Å². The Morgan fingerprint density at radius 1 is 0.938 bits per heavy atom. The highest BCUT2D eigenvalue weighted by molar-refractivity contribution is 5.73. The predicted molar refractivity (Wildman–Crippen MR) is 68.7 cm³/mol. The van der Waals surface area contributed by atoms with Crippen molar-refractivity contribution < 1.29 is 4.79 Å².